The molecule has 0 saturated heterocycles. The third kappa shape index (κ3) is 4.92. The van der Waals surface area contributed by atoms with E-state index in [1.165, 1.54) is 37.8 Å². The highest BCUT2D eigenvalue weighted by Crippen LogP contribution is 2.24. The van der Waals surface area contributed by atoms with Gasteiger partial charge in [0.25, 0.3) is 0 Å². The van der Waals surface area contributed by atoms with Crippen molar-refractivity contribution in [1.82, 2.24) is 4.90 Å². The molecule has 1 fully saturated rings. The molecule has 1 atom stereocenters. The fraction of sp³-hybridized carbons (Fsp3) is 0.667. The van der Waals surface area contributed by atoms with Gasteiger partial charge < -0.3 is 5.73 Å². The molecule has 20 heavy (non-hydrogen) atoms. The van der Waals surface area contributed by atoms with E-state index in [9.17, 15) is 0 Å². The monoisotopic (exact) mass is 274 g/mol. The van der Waals surface area contributed by atoms with Gasteiger partial charge in [-0.1, -0.05) is 57.0 Å². The van der Waals surface area contributed by atoms with Crippen LogP contribution in [-0.4, -0.2) is 30.1 Å². The van der Waals surface area contributed by atoms with E-state index in [4.69, 9.17) is 5.73 Å². The fourth-order valence-electron chi connectivity index (χ4n) is 3.39. The van der Waals surface area contributed by atoms with Crippen LogP contribution in [-0.2, 0) is 6.42 Å². The SMILES string of the molecule is CC(C)CN(CC(N)Cc1ccccc1)C1CCCC1. The molecule has 0 spiro atoms. The van der Waals surface area contributed by atoms with Crippen LogP contribution in [0, 0.1) is 5.92 Å². The van der Waals surface area contributed by atoms with E-state index in [0.717, 1.165) is 24.9 Å². The molecule has 0 aromatic heterocycles. The maximum absolute atomic E-state index is 6.41. The Bertz CT molecular complexity index is 368. The van der Waals surface area contributed by atoms with Crippen molar-refractivity contribution >= 4 is 0 Å². The maximum atomic E-state index is 6.41. The van der Waals surface area contributed by atoms with Gasteiger partial charge in [-0.3, -0.25) is 4.90 Å². The van der Waals surface area contributed by atoms with Crippen LogP contribution in [0.4, 0.5) is 0 Å². The molecule has 2 heteroatoms. The zero-order valence-corrected chi connectivity index (χ0v) is 13.1. The van der Waals surface area contributed by atoms with Crippen molar-refractivity contribution in [3.63, 3.8) is 0 Å². The molecule has 0 radical (unpaired) electrons. The first-order chi connectivity index (χ1) is 9.65. The third-order valence-corrected chi connectivity index (χ3v) is 4.25. The second kappa shape index (κ2) is 7.80. The lowest BCUT2D eigenvalue weighted by atomic mass is 10.0. The second-order valence-corrected chi connectivity index (χ2v) is 6.74. The summed E-state index contributed by atoms with van der Waals surface area (Å²) in [4.78, 5) is 2.66. The summed E-state index contributed by atoms with van der Waals surface area (Å²) < 4.78 is 0. The highest BCUT2D eigenvalue weighted by molar-refractivity contribution is 5.15. The Balaban J connectivity index is 1.89. The van der Waals surface area contributed by atoms with Gasteiger partial charge in [0.15, 0.2) is 0 Å². The van der Waals surface area contributed by atoms with Gasteiger partial charge in [0, 0.05) is 25.2 Å². The number of hydrogen-bond acceptors (Lipinski definition) is 2. The standard InChI is InChI=1S/C18H30N2/c1-15(2)13-20(18-10-6-7-11-18)14-17(19)12-16-8-4-3-5-9-16/h3-5,8-9,15,17-18H,6-7,10-14,19H2,1-2H3. The number of hydrogen-bond donors (Lipinski definition) is 1. The summed E-state index contributed by atoms with van der Waals surface area (Å²) in [6.45, 7) is 6.85. The van der Waals surface area contributed by atoms with Crippen LogP contribution in [0.2, 0.25) is 0 Å². The average Bonchev–Trinajstić information content (AvgIpc) is 2.92. The van der Waals surface area contributed by atoms with Gasteiger partial charge in [-0.25, -0.2) is 0 Å². The summed E-state index contributed by atoms with van der Waals surface area (Å²) in [5.74, 6) is 0.722. The molecule has 1 aromatic carbocycles. The summed E-state index contributed by atoms with van der Waals surface area (Å²) in [5.41, 5.74) is 7.77. The number of nitrogens with two attached hydrogens (primary N) is 1. The Morgan fingerprint density at radius 3 is 2.35 bits per heavy atom. The molecule has 0 heterocycles. The van der Waals surface area contributed by atoms with Crippen molar-refractivity contribution in [2.45, 2.75) is 58.0 Å². The second-order valence-electron chi connectivity index (χ2n) is 6.74. The van der Waals surface area contributed by atoms with Crippen LogP contribution in [0.25, 0.3) is 0 Å². The van der Waals surface area contributed by atoms with E-state index in [1.54, 1.807) is 0 Å². The molecule has 2 N–H and O–H groups in total. The van der Waals surface area contributed by atoms with Crippen molar-refractivity contribution in [1.29, 1.82) is 0 Å². The van der Waals surface area contributed by atoms with Crippen LogP contribution in [0.1, 0.15) is 45.1 Å². The predicted molar refractivity (Wildman–Crippen MR) is 86.8 cm³/mol. The molecule has 1 unspecified atom stereocenters. The summed E-state index contributed by atoms with van der Waals surface area (Å²) in [7, 11) is 0. The van der Waals surface area contributed by atoms with Crippen molar-refractivity contribution in [2.75, 3.05) is 13.1 Å². The first-order valence-electron chi connectivity index (χ1n) is 8.18. The van der Waals surface area contributed by atoms with E-state index in [1.807, 2.05) is 0 Å². The Morgan fingerprint density at radius 2 is 1.75 bits per heavy atom. The number of nitrogens with zero attached hydrogens (tertiary/aromatic N) is 1. The Labute approximate surface area is 124 Å². The zero-order valence-electron chi connectivity index (χ0n) is 13.1. The minimum absolute atomic E-state index is 0.247. The van der Waals surface area contributed by atoms with E-state index in [2.05, 4.69) is 49.1 Å². The Morgan fingerprint density at radius 1 is 1.10 bits per heavy atom. The Kier molecular flexibility index (Phi) is 6.06. The predicted octanol–water partition coefficient (Wildman–Crippen LogP) is 3.46. The molecule has 1 aromatic rings. The molecule has 2 rings (SSSR count). The first kappa shape index (κ1) is 15.5. The van der Waals surface area contributed by atoms with Gasteiger partial charge in [0.05, 0.1) is 0 Å². The van der Waals surface area contributed by atoms with Gasteiger partial charge >= 0.3 is 0 Å². The van der Waals surface area contributed by atoms with Crippen LogP contribution in [0.3, 0.4) is 0 Å². The highest BCUT2D eigenvalue weighted by atomic mass is 15.2. The third-order valence-electron chi connectivity index (χ3n) is 4.25. The maximum Gasteiger partial charge on any atom is 0.0208 e. The van der Waals surface area contributed by atoms with Crippen LogP contribution in [0.5, 0.6) is 0 Å². The van der Waals surface area contributed by atoms with Gasteiger partial charge in [-0.15, -0.1) is 0 Å². The first-order valence-corrected chi connectivity index (χ1v) is 8.18. The summed E-state index contributed by atoms with van der Waals surface area (Å²) in [6.07, 6.45) is 6.51. The van der Waals surface area contributed by atoms with Gasteiger partial charge in [-0.05, 0) is 30.7 Å². The normalized spacial score (nSPS) is 18.1. The lowest BCUT2D eigenvalue weighted by molar-refractivity contribution is 0.166. The molecule has 1 saturated carbocycles. The molecule has 1 aliphatic rings. The zero-order chi connectivity index (χ0) is 14.4. The summed E-state index contributed by atoms with van der Waals surface area (Å²) in [6, 6.07) is 11.7. The fourth-order valence-corrected chi connectivity index (χ4v) is 3.39. The van der Waals surface area contributed by atoms with E-state index < -0.39 is 0 Å². The summed E-state index contributed by atoms with van der Waals surface area (Å²) in [5, 5.41) is 0. The molecule has 112 valence electrons. The van der Waals surface area contributed by atoms with Crippen molar-refractivity contribution in [3.05, 3.63) is 35.9 Å². The van der Waals surface area contributed by atoms with Crippen molar-refractivity contribution in [3.8, 4) is 0 Å². The van der Waals surface area contributed by atoms with Crippen LogP contribution in [0.15, 0.2) is 30.3 Å². The smallest absolute Gasteiger partial charge is 0.0208 e. The van der Waals surface area contributed by atoms with Crippen LogP contribution >= 0.6 is 0 Å². The Hall–Kier alpha value is -0.860. The lowest BCUT2D eigenvalue weighted by Gasteiger charge is -2.32. The average molecular weight is 274 g/mol. The summed E-state index contributed by atoms with van der Waals surface area (Å²) >= 11 is 0. The van der Waals surface area contributed by atoms with E-state index in [0.29, 0.717) is 0 Å². The van der Waals surface area contributed by atoms with Crippen molar-refractivity contribution < 1.29 is 0 Å². The molecule has 0 amide bonds. The lowest BCUT2D eigenvalue weighted by Crippen LogP contribution is -2.45. The molecule has 2 nitrogen and oxygen atoms in total. The molecular weight excluding hydrogens is 244 g/mol. The van der Waals surface area contributed by atoms with Gasteiger partial charge in [0.1, 0.15) is 0 Å². The molecule has 0 aliphatic heterocycles. The quantitative estimate of drug-likeness (QED) is 0.825. The highest BCUT2D eigenvalue weighted by Gasteiger charge is 2.24. The number of rotatable bonds is 7. The minimum atomic E-state index is 0.247. The largest absolute Gasteiger partial charge is 0.326 e. The molecule has 0 bridgehead atoms. The van der Waals surface area contributed by atoms with Crippen LogP contribution < -0.4 is 5.73 Å². The van der Waals surface area contributed by atoms with E-state index in [-0.39, 0.29) is 6.04 Å². The minimum Gasteiger partial charge on any atom is -0.326 e. The van der Waals surface area contributed by atoms with E-state index >= 15 is 0 Å². The van der Waals surface area contributed by atoms with Crippen molar-refractivity contribution in [2.24, 2.45) is 11.7 Å². The molecule has 1 aliphatic carbocycles. The number of benzene rings is 1. The van der Waals surface area contributed by atoms with Gasteiger partial charge in [0.2, 0.25) is 0 Å². The molecular formula is C18H30N2. The van der Waals surface area contributed by atoms with Gasteiger partial charge in [-0.2, -0.15) is 0 Å². The topological polar surface area (TPSA) is 29.3 Å².